The van der Waals surface area contributed by atoms with E-state index in [2.05, 4.69) is 6.58 Å². The number of nitro groups is 1. The Morgan fingerprint density at radius 1 is 1.44 bits per heavy atom. The van der Waals surface area contributed by atoms with Crippen LogP contribution in [0.5, 0.6) is 0 Å². The van der Waals surface area contributed by atoms with Gasteiger partial charge in [0.05, 0.1) is 10.5 Å². The fourth-order valence-corrected chi connectivity index (χ4v) is 2.63. The van der Waals surface area contributed by atoms with Crippen molar-refractivity contribution in [3.05, 3.63) is 52.6 Å². The molecule has 0 spiro atoms. The highest BCUT2D eigenvalue weighted by atomic mass is 16.6. The van der Waals surface area contributed by atoms with Crippen LogP contribution in [-0.2, 0) is 20.9 Å². The minimum absolute atomic E-state index is 0.114. The molecule has 1 aliphatic rings. The monoisotopic (exact) mass is 348 g/mol. The average Bonchev–Trinajstić information content (AvgIpc) is 2.59. The fraction of sp³-hybridized carbons (Fsp3) is 0.412. The highest BCUT2D eigenvalue weighted by Crippen LogP contribution is 2.25. The lowest BCUT2D eigenvalue weighted by Gasteiger charge is -2.36. The Hall–Kier alpha value is -2.90. The molecule has 0 aliphatic carbocycles. The molecular formula is C17H20N2O6. The number of amides is 1. The lowest BCUT2D eigenvalue weighted by atomic mass is 9.98. The second-order valence-electron chi connectivity index (χ2n) is 5.86. The molecule has 1 saturated heterocycles. The Kier molecular flexibility index (Phi) is 6.10. The lowest BCUT2D eigenvalue weighted by molar-refractivity contribution is -0.385. The summed E-state index contributed by atoms with van der Waals surface area (Å²) in [4.78, 5) is 35.6. The first-order valence-electron chi connectivity index (χ1n) is 7.91. The number of carbonyl (C=O) groups is 2. The van der Waals surface area contributed by atoms with Crippen LogP contribution in [0.3, 0.4) is 0 Å². The van der Waals surface area contributed by atoms with Crippen molar-refractivity contribution in [3.63, 3.8) is 0 Å². The van der Waals surface area contributed by atoms with Gasteiger partial charge in [0.25, 0.3) is 5.69 Å². The van der Waals surface area contributed by atoms with Gasteiger partial charge >= 0.3 is 12.1 Å². The number of para-hydroxylation sites is 1. The number of rotatable bonds is 5. The van der Waals surface area contributed by atoms with Crippen LogP contribution in [-0.4, -0.2) is 34.7 Å². The van der Waals surface area contributed by atoms with E-state index in [1.165, 1.54) is 17.0 Å². The maximum absolute atomic E-state index is 12.4. The van der Waals surface area contributed by atoms with Crippen LogP contribution >= 0.6 is 0 Å². The zero-order valence-corrected chi connectivity index (χ0v) is 13.9. The molecule has 0 saturated carbocycles. The second kappa shape index (κ2) is 8.27. The highest BCUT2D eigenvalue weighted by molar-refractivity contribution is 5.81. The summed E-state index contributed by atoms with van der Waals surface area (Å²) in [6, 6.07) is 6.05. The number of esters is 1. The summed E-state index contributed by atoms with van der Waals surface area (Å²) in [6.45, 7) is 5.50. The van der Waals surface area contributed by atoms with Crippen molar-refractivity contribution in [1.29, 1.82) is 0 Å². The summed E-state index contributed by atoms with van der Waals surface area (Å²) in [5, 5.41) is 11.0. The normalized spacial score (nSPS) is 19.8. The van der Waals surface area contributed by atoms with Crippen molar-refractivity contribution in [3.8, 4) is 0 Å². The largest absolute Gasteiger partial charge is 0.444 e. The number of ether oxygens (including phenoxy) is 2. The van der Waals surface area contributed by atoms with Crippen LogP contribution in [0.2, 0.25) is 0 Å². The second-order valence-corrected chi connectivity index (χ2v) is 5.86. The van der Waals surface area contributed by atoms with Crippen molar-refractivity contribution < 1.29 is 24.0 Å². The van der Waals surface area contributed by atoms with Gasteiger partial charge in [-0.05, 0) is 18.4 Å². The molecule has 0 bridgehead atoms. The summed E-state index contributed by atoms with van der Waals surface area (Å²) in [7, 11) is 0. The number of hydrogen-bond acceptors (Lipinski definition) is 6. The SMILES string of the molecule is C=CC(=O)OC1CC(C)CCN1C(=O)OCc1ccccc1[N+](=O)[O-]. The summed E-state index contributed by atoms with van der Waals surface area (Å²) >= 11 is 0. The minimum atomic E-state index is -0.729. The first-order chi connectivity index (χ1) is 11.9. The van der Waals surface area contributed by atoms with E-state index >= 15 is 0 Å². The van der Waals surface area contributed by atoms with Gasteiger partial charge in [-0.2, -0.15) is 0 Å². The first-order valence-corrected chi connectivity index (χ1v) is 7.91. The molecule has 1 aromatic rings. The van der Waals surface area contributed by atoms with E-state index in [0.29, 0.717) is 24.4 Å². The van der Waals surface area contributed by atoms with Gasteiger partial charge in [0, 0.05) is 25.1 Å². The molecule has 0 aromatic heterocycles. The molecule has 2 unspecified atom stereocenters. The number of benzene rings is 1. The third-order valence-electron chi connectivity index (χ3n) is 4.01. The average molecular weight is 348 g/mol. The molecule has 8 heteroatoms. The van der Waals surface area contributed by atoms with E-state index in [4.69, 9.17) is 9.47 Å². The van der Waals surface area contributed by atoms with Crippen LogP contribution < -0.4 is 0 Å². The maximum atomic E-state index is 12.4. The predicted octanol–water partition coefficient (Wildman–Crippen LogP) is 3.02. The number of likely N-dealkylation sites (tertiary alicyclic amines) is 1. The van der Waals surface area contributed by atoms with E-state index in [0.717, 1.165) is 12.5 Å². The molecule has 2 atom stereocenters. The van der Waals surface area contributed by atoms with Gasteiger partial charge in [-0.25, -0.2) is 9.59 Å². The van der Waals surface area contributed by atoms with E-state index in [-0.39, 0.29) is 12.3 Å². The minimum Gasteiger partial charge on any atom is -0.444 e. The quantitative estimate of drug-likeness (QED) is 0.351. The Morgan fingerprint density at radius 2 is 2.16 bits per heavy atom. The standard InChI is InChI=1S/C17H20N2O6/c1-3-16(20)25-15-10-12(2)8-9-18(15)17(21)24-11-13-6-4-5-7-14(13)19(22)23/h3-7,12,15H,1,8-11H2,2H3. The number of nitrogens with zero attached hydrogens (tertiary/aromatic N) is 2. The molecule has 134 valence electrons. The Balaban J connectivity index is 2.04. The molecule has 25 heavy (non-hydrogen) atoms. The van der Waals surface area contributed by atoms with Crippen LogP contribution in [0.1, 0.15) is 25.3 Å². The van der Waals surface area contributed by atoms with Gasteiger partial charge in [0.1, 0.15) is 6.61 Å². The van der Waals surface area contributed by atoms with Gasteiger partial charge in [-0.3, -0.25) is 15.0 Å². The Labute approximate surface area is 145 Å². The molecule has 1 fully saturated rings. The van der Waals surface area contributed by atoms with E-state index in [1.807, 2.05) is 6.92 Å². The van der Waals surface area contributed by atoms with Crippen molar-refractivity contribution in [2.75, 3.05) is 6.54 Å². The van der Waals surface area contributed by atoms with Crippen molar-refractivity contribution in [2.24, 2.45) is 5.92 Å². The zero-order valence-electron chi connectivity index (χ0n) is 13.9. The van der Waals surface area contributed by atoms with Crippen LogP contribution in [0, 0.1) is 16.0 Å². The molecule has 1 aliphatic heterocycles. The number of piperidine rings is 1. The summed E-state index contributed by atoms with van der Waals surface area (Å²) < 4.78 is 10.4. The maximum Gasteiger partial charge on any atom is 0.413 e. The topological polar surface area (TPSA) is 99.0 Å². The predicted molar refractivity (Wildman–Crippen MR) is 88.5 cm³/mol. The van der Waals surface area contributed by atoms with Gasteiger partial charge in [-0.15, -0.1) is 0 Å². The zero-order chi connectivity index (χ0) is 18.4. The van der Waals surface area contributed by atoms with Gasteiger partial charge in [0.15, 0.2) is 6.23 Å². The Morgan fingerprint density at radius 3 is 2.84 bits per heavy atom. The highest BCUT2D eigenvalue weighted by Gasteiger charge is 2.33. The van der Waals surface area contributed by atoms with Crippen LogP contribution in [0.4, 0.5) is 10.5 Å². The summed E-state index contributed by atoms with van der Waals surface area (Å²) in [5.41, 5.74) is 0.183. The smallest absolute Gasteiger partial charge is 0.413 e. The molecule has 1 aromatic carbocycles. The molecule has 0 radical (unpaired) electrons. The molecule has 0 N–H and O–H groups in total. The summed E-state index contributed by atoms with van der Waals surface area (Å²) in [6.07, 6.45) is 0.887. The molecule has 8 nitrogen and oxygen atoms in total. The van der Waals surface area contributed by atoms with Crippen molar-refractivity contribution in [1.82, 2.24) is 4.90 Å². The molecular weight excluding hydrogens is 328 g/mol. The molecule has 1 heterocycles. The fourth-order valence-electron chi connectivity index (χ4n) is 2.63. The van der Waals surface area contributed by atoms with Crippen molar-refractivity contribution >= 4 is 17.7 Å². The van der Waals surface area contributed by atoms with E-state index in [1.54, 1.807) is 12.1 Å². The first kappa shape index (κ1) is 18.4. The third-order valence-corrected chi connectivity index (χ3v) is 4.01. The Bertz CT molecular complexity index is 675. The number of hydrogen-bond donors (Lipinski definition) is 0. The number of carbonyl (C=O) groups excluding carboxylic acids is 2. The molecule has 2 rings (SSSR count). The summed E-state index contributed by atoms with van der Waals surface area (Å²) in [5.74, 6) is -0.322. The lowest BCUT2D eigenvalue weighted by Crippen LogP contribution is -2.48. The van der Waals surface area contributed by atoms with E-state index in [9.17, 15) is 19.7 Å². The van der Waals surface area contributed by atoms with Crippen molar-refractivity contribution in [2.45, 2.75) is 32.6 Å². The van der Waals surface area contributed by atoms with Crippen LogP contribution in [0.15, 0.2) is 36.9 Å². The van der Waals surface area contributed by atoms with Crippen LogP contribution in [0.25, 0.3) is 0 Å². The number of nitro benzene ring substituents is 1. The van der Waals surface area contributed by atoms with Gasteiger partial charge < -0.3 is 9.47 Å². The van der Waals surface area contributed by atoms with E-state index < -0.39 is 23.2 Å². The van der Waals surface area contributed by atoms with Gasteiger partial charge in [-0.1, -0.05) is 25.6 Å². The third kappa shape index (κ3) is 4.79. The molecule has 1 amide bonds. The van der Waals surface area contributed by atoms with Gasteiger partial charge in [0.2, 0.25) is 0 Å².